The number of nitrogens with one attached hydrogen (secondary N) is 1. The molecule has 1 saturated heterocycles. The lowest BCUT2D eigenvalue weighted by molar-refractivity contribution is -0.136. The van der Waals surface area contributed by atoms with E-state index >= 15 is 0 Å². The van der Waals surface area contributed by atoms with Crippen LogP contribution in [0.15, 0.2) is 6.33 Å². The van der Waals surface area contributed by atoms with Gasteiger partial charge in [-0.2, -0.15) is 0 Å². The number of piperazine rings is 1. The monoisotopic (exact) mass is 280 g/mol. The predicted molar refractivity (Wildman–Crippen MR) is 75.5 cm³/mol. The minimum Gasteiger partial charge on any atom is -0.490 e. The predicted octanol–water partition coefficient (Wildman–Crippen LogP) is -0.172. The molecule has 1 aliphatic rings. The number of nitrogens with zero attached hydrogens (tertiary/aromatic N) is 4. The Morgan fingerprint density at radius 3 is 2.70 bits per heavy atom. The van der Waals surface area contributed by atoms with Crippen molar-refractivity contribution in [2.24, 2.45) is 5.84 Å². The van der Waals surface area contributed by atoms with Gasteiger partial charge >= 0.3 is 0 Å². The molecule has 8 heteroatoms. The molecular weight excluding hydrogens is 260 g/mol. The van der Waals surface area contributed by atoms with Gasteiger partial charge in [-0.05, 0) is 13.8 Å². The van der Waals surface area contributed by atoms with E-state index in [1.165, 1.54) is 13.4 Å². The van der Waals surface area contributed by atoms with Crippen LogP contribution in [-0.2, 0) is 4.79 Å². The molecule has 20 heavy (non-hydrogen) atoms. The number of carbonyl (C=O) groups excluding carboxylic acids is 1. The molecule has 0 aliphatic carbocycles. The summed E-state index contributed by atoms with van der Waals surface area (Å²) in [6, 6.07) is 0. The number of rotatable bonds is 3. The van der Waals surface area contributed by atoms with E-state index in [2.05, 4.69) is 15.4 Å². The van der Waals surface area contributed by atoms with Crippen molar-refractivity contribution >= 4 is 17.5 Å². The number of hydrogen-bond donors (Lipinski definition) is 2. The summed E-state index contributed by atoms with van der Waals surface area (Å²) in [4.78, 5) is 24.2. The average molecular weight is 280 g/mol. The molecule has 1 aromatic heterocycles. The number of nitrogen functional groups attached to an aromatic ring is 1. The standard InChI is InChI=1S/C12H20N6O2/c1-12(2)11(19)17(3)5-6-18(12)10-8(20-4)9(16-13)14-7-15-10/h7H,5-6,13H2,1-4H3,(H,14,15,16). The van der Waals surface area contributed by atoms with Gasteiger partial charge < -0.3 is 20.0 Å². The van der Waals surface area contributed by atoms with Gasteiger partial charge in [-0.3, -0.25) is 4.79 Å². The molecule has 0 atom stereocenters. The Kier molecular flexibility index (Phi) is 3.67. The number of methoxy groups -OCH3 is 1. The number of hydrazine groups is 1. The van der Waals surface area contributed by atoms with Crippen LogP contribution in [0.1, 0.15) is 13.8 Å². The zero-order chi connectivity index (χ0) is 14.9. The number of hydrogen-bond acceptors (Lipinski definition) is 7. The minimum absolute atomic E-state index is 0.0340. The number of amides is 1. The second kappa shape index (κ2) is 5.12. The largest absolute Gasteiger partial charge is 0.490 e. The van der Waals surface area contributed by atoms with Gasteiger partial charge in [-0.25, -0.2) is 15.8 Å². The summed E-state index contributed by atoms with van der Waals surface area (Å²) in [6.07, 6.45) is 1.39. The number of carbonyl (C=O) groups is 1. The summed E-state index contributed by atoms with van der Waals surface area (Å²) in [5.74, 6) is 6.84. The van der Waals surface area contributed by atoms with Crippen LogP contribution in [0.25, 0.3) is 0 Å². The molecule has 1 amide bonds. The van der Waals surface area contributed by atoms with Gasteiger partial charge in [0, 0.05) is 20.1 Å². The van der Waals surface area contributed by atoms with Gasteiger partial charge in [0.25, 0.3) is 0 Å². The Hall–Kier alpha value is -2.09. The first-order chi connectivity index (χ1) is 9.43. The Labute approximate surface area is 117 Å². The lowest BCUT2D eigenvalue weighted by Crippen LogP contribution is -2.62. The van der Waals surface area contributed by atoms with Crippen LogP contribution >= 0.6 is 0 Å². The fourth-order valence-corrected chi connectivity index (χ4v) is 2.43. The van der Waals surface area contributed by atoms with E-state index in [1.807, 2.05) is 18.7 Å². The molecule has 1 fully saturated rings. The molecule has 0 unspecified atom stereocenters. The molecule has 8 nitrogen and oxygen atoms in total. The molecule has 0 saturated carbocycles. The molecule has 0 aromatic carbocycles. The van der Waals surface area contributed by atoms with Gasteiger partial charge in [0.15, 0.2) is 11.6 Å². The number of anilines is 2. The number of nitrogens with two attached hydrogens (primary N) is 1. The third-order valence-corrected chi connectivity index (χ3v) is 3.59. The third-order valence-electron chi connectivity index (χ3n) is 3.59. The third kappa shape index (κ3) is 2.11. The molecule has 2 heterocycles. The normalized spacial score (nSPS) is 18.1. The number of ether oxygens (including phenoxy) is 1. The Morgan fingerprint density at radius 1 is 1.40 bits per heavy atom. The highest BCUT2D eigenvalue weighted by Crippen LogP contribution is 2.36. The average Bonchev–Trinajstić information content (AvgIpc) is 2.44. The SMILES string of the molecule is COc1c(NN)ncnc1N1CCN(C)C(=O)C1(C)C. The van der Waals surface area contributed by atoms with Crippen molar-refractivity contribution in [3.05, 3.63) is 6.33 Å². The summed E-state index contributed by atoms with van der Waals surface area (Å²) < 4.78 is 5.34. The summed E-state index contributed by atoms with van der Waals surface area (Å²) in [5.41, 5.74) is 1.77. The van der Waals surface area contributed by atoms with Gasteiger partial charge in [0.1, 0.15) is 11.9 Å². The van der Waals surface area contributed by atoms with Crippen LogP contribution in [0.4, 0.5) is 11.6 Å². The van der Waals surface area contributed by atoms with Crippen molar-refractivity contribution < 1.29 is 9.53 Å². The molecule has 1 aliphatic heterocycles. The second-order valence-corrected chi connectivity index (χ2v) is 5.16. The maximum atomic E-state index is 12.3. The fraction of sp³-hybridized carbons (Fsp3) is 0.583. The van der Waals surface area contributed by atoms with Crippen LogP contribution in [0.2, 0.25) is 0 Å². The van der Waals surface area contributed by atoms with Crippen LogP contribution in [0.3, 0.4) is 0 Å². The summed E-state index contributed by atoms with van der Waals surface area (Å²) in [7, 11) is 3.32. The summed E-state index contributed by atoms with van der Waals surface area (Å²) in [5, 5.41) is 0. The molecule has 3 N–H and O–H groups in total. The highest BCUT2D eigenvalue weighted by Gasteiger charge is 2.42. The zero-order valence-electron chi connectivity index (χ0n) is 12.2. The smallest absolute Gasteiger partial charge is 0.247 e. The summed E-state index contributed by atoms with van der Waals surface area (Å²) >= 11 is 0. The van der Waals surface area contributed by atoms with Gasteiger partial charge in [-0.1, -0.05) is 0 Å². The van der Waals surface area contributed by atoms with Crippen molar-refractivity contribution in [3.8, 4) is 5.75 Å². The van der Waals surface area contributed by atoms with Crippen molar-refractivity contribution in [2.75, 3.05) is 37.6 Å². The maximum absolute atomic E-state index is 12.3. The van der Waals surface area contributed by atoms with Crippen molar-refractivity contribution in [1.29, 1.82) is 0 Å². The Morgan fingerprint density at radius 2 is 2.10 bits per heavy atom. The van der Waals surface area contributed by atoms with E-state index in [-0.39, 0.29) is 5.91 Å². The Bertz CT molecular complexity index is 519. The number of likely N-dealkylation sites (N-methyl/N-ethyl adjacent to an activating group) is 1. The van der Waals surface area contributed by atoms with E-state index in [9.17, 15) is 4.79 Å². The van der Waals surface area contributed by atoms with Crippen LogP contribution in [-0.4, -0.2) is 53.6 Å². The first kappa shape index (κ1) is 14.3. The lowest BCUT2D eigenvalue weighted by atomic mass is 9.97. The lowest BCUT2D eigenvalue weighted by Gasteiger charge is -2.45. The van der Waals surface area contributed by atoms with E-state index in [1.54, 1.807) is 11.9 Å². The highest BCUT2D eigenvalue weighted by atomic mass is 16.5. The van der Waals surface area contributed by atoms with Gasteiger partial charge in [-0.15, -0.1) is 0 Å². The summed E-state index contributed by atoms with van der Waals surface area (Å²) in [6.45, 7) is 5.01. The molecule has 1 aromatic rings. The molecular formula is C12H20N6O2. The molecule has 0 bridgehead atoms. The van der Waals surface area contributed by atoms with E-state index < -0.39 is 5.54 Å². The number of aromatic nitrogens is 2. The molecule has 0 spiro atoms. The van der Waals surface area contributed by atoms with Crippen LogP contribution in [0, 0.1) is 0 Å². The molecule has 2 rings (SSSR count). The van der Waals surface area contributed by atoms with Crippen LogP contribution < -0.4 is 20.9 Å². The van der Waals surface area contributed by atoms with E-state index in [0.29, 0.717) is 30.5 Å². The van der Waals surface area contributed by atoms with Crippen molar-refractivity contribution in [3.63, 3.8) is 0 Å². The fourth-order valence-electron chi connectivity index (χ4n) is 2.43. The van der Waals surface area contributed by atoms with Gasteiger partial charge in [0.2, 0.25) is 11.7 Å². The minimum atomic E-state index is -0.708. The molecule has 110 valence electrons. The van der Waals surface area contributed by atoms with Gasteiger partial charge in [0.05, 0.1) is 7.11 Å². The van der Waals surface area contributed by atoms with E-state index in [4.69, 9.17) is 10.6 Å². The topological polar surface area (TPSA) is 96.6 Å². The van der Waals surface area contributed by atoms with E-state index in [0.717, 1.165) is 0 Å². The van der Waals surface area contributed by atoms with Crippen molar-refractivity contribution in [2.45, 2.75) is 19.4 Å². The highest BCUT2D eigenvalue weighted by molar-refractivity contribution is 5.90. The van der Waals surface area contributed by atoms with Crippen molar-refractivity contribution in [1.82, 2.24) is 14.9 Å². The van der Waals surface area contributed by atoms with Crippen LogP contribution in [0.5, 0.6) is 5.75 Å². The molecule has 0 radical (unpaired) electrons. The zero-order valence-corrected chi connectivity index (χ0v) is 12.2. The first-order valence-electron chi connectivity index (χ1n) is 6.32. The maximum Gasteiger partial charge on any atom is 0.247 e. The first-order valence-corrected chi connectivity index (χ1v) is 6.32. The second-order valence-electron chi connectivity index (χ2n) is 5.16. The quantitative estimate of drug-likeness (QED) is 0.586. The Balaban J connectivity index is 2.48.